The first-order valence-corrected chi connectivity index (χ1v) is 8.72. The zero-order valence-corrected chi connectivity index (χ0v) is 16.1. The molecule has 0 aliphatic rings. The summed E-state index contributed by atoms with van der Waals surface area (Å²) >= 11 is 0. The lowest BCUT2D eigenvalue weighted by atomic mass is 10.0. The van der Waals surface area contributed by atoms with Crippen LogP contribution in [0.4, 0.5) is 10.5 Å². The number of nitrogens with one attached hydrogen (secondary N) is 1. The molecule has 0 unspecified atom stereocenters. The minimum absolute atomic E-state index is 0.0820. The number of carbonyl (C=O) groups excluding carboxylic acids is 2. The van der Waals surface area contributed by atoms with Gasteiger partial charge in [-0.1, -0.05) is 44.2 Å². The highest BCUT2D eigenvalue weighted by atomic mass is 16.2. The summed E-state index contributed by atoms with van der Waals surface area (Å²) in [6.07, 6.45) is 7.41. The van der Waals surface area contributed by atoms with E-state index in [0.29, 0.717) is 12.1 Å². The number of carbonyl (C=O) groups is 2. The van der Waals surface area contributed by atoms with E-state index in [-0.39, 0.29) is 11.4 Å². The van der Waals surface area contributed by atoms with Gasteiger partial charge in [-0.15, -0.1) is 0 Å². The first kappa shape index (κ1) is 22.2. The summed E-state index contributed by atoms with van der Waals surface area (Å²) in [5, 5.41) is 15.0. The molecular weight excluding hydrogens is 356 g/mol. The normalized spacial score (nSPS) is 10.7. The van der Waals surface area contributed by atoms with Crippen LogP contribution < -0.4 is 16.8 Å². The van der Waals surface area contributed by atoms with Crippen LogP contribution in [0.2, 0.25) is 0 Å². The third kappa shape index (κ3) is 5.85. The largest absolute Gasteiger partial charge is 0.364 e. The molecule has 8 heteroatoms. The van der Waals surface area contributed by atoms with Crippen molar-refractivity contribution in [1.82, 2.24) is 9.78 Å². The van der Waals surface area contributed by atoms with Gasteiger partial charge in [-0.3, -0.25) is 4.79 Å². The number of anilines is 1. The van der Waals surface area contributed by atoms with Gasteiger partial charge in [-0.05, 0) is 30.2 Å². The molecule has 0 aliphatic heterocycles. The lowest BCUT2D eigenvalue weighted by Gasteiger charge is -2.05. The van der Waals surface area contributed by atoms with Gasteiger partial charge < -0.3 is 16.8 Å². The Bertz CT molecular complexity index is 917. The van der Waals surface area contributed by atoms with Crippen LogP contribution in [0.1, 0.15) is 43.2 Å². The van der Waals surface area contributed by atoms with Crippen LogP contribution >= 0.6 is 0 Å². The highest BCUT2D eigenvalue weighted by Gasteiger charge is 2.16. The van der Waals surface area contributed by atoms with Gasteiger partial charge in [0, 0.05) is 0 Å². The molecule has 0 saturated carbocycles. The minimum Gasteiger partial charge on any atom is -0.364 e. The smallest absolute Gasteiger partial charge is 0.316 e. The summed E-state index contributed by atoms with van der Waals surface area (Å²) in [7, 11) is 0. The molecule has 0 aliphatic carbocycles. The van der Waals surface area contributed by atoms with Crippen molar-refractivity contribution in [3.63, 3.8) is 0 Å². The van der Waals surface area contributed by atoms with E-state index in [9.17, 15) is 9.59 Å². The standard InChI is InChI=1S/C18H18N6O2.C2H6/c1-2-12(5-3-4-10-19)13-6-8-14(9-7-13)24-11-15(22-18(21)26)16(23-24)17(20)25;1-2/h2-3,5-9,11H,4H2,1H3,(H2,20,25)(H3,21,22,26);1-2H3/b5-3-,12-2+;. The van der Waals surface area contributed by atoms with Gasteiger partial charge in [-0.2, -0.15) is 10.4 Å². The SMILES string of the molecule is C/C=C(\C=C/CC#N)c1ccc(-n2cc(NC(N)=O)c(C(N)=O)n2)cc1.CC. The summed E-state index contributed by atoms with van der Waals surface area (Å²) in [5.41, 5.74) is 13.0. The predicted octanol–water partition coefficient (Wildman–Crippen LogP) is 3.36. The average Bonchev–Trinajstić information content (AvgIpc) is 3.10. The van der Waals surface area contributed by atoms with Gasteiger partial charge in [0.1, 0.15) is 0 Å². The number of amides is 3. The number of urea groups is 1. The van der Waals surface area contributed by atoms with Gasteiger partial charge in [-0.25, -0.2) is 9.48 Å². The number of nitrogens with zero attached hydrogens (tertiary/aromatic N) is 3. The fraction of sp³-hybridized carbons (Fsp3) is 0.200. The number of primary amides is 2. The molecule has 1 heterocycles. The molecule has 0 saturated heterocycles. The number of allylic oxidation sites excluding steroid dienone is 4. The lowest BCUT2D eigenvalue weighted by molar-refractivity contribution is 0.0996. The first-order chi connectivity index (χ1) is 13.5. The maximum absolute atomic E-state index is 11.5. The van der Waals surface area contributed by atoms with Crippen molar-refractivity contribution in [1.29, 1.82) is 5.26 Å². The maximum Gasteiger partial charge on any atom is 0.316 e. The summed E-state index contributed by atoms with van der Waals surface area (Å²) in [6.45, 7) is 5.91. The van der Waals surface area contributed by atoms with E-state index in [1.165, 1.54) is 10.9 Å². The van der Waals surface area contributed by atoms with Crippen LogP contribution in [0.3, 0.4) is 0 Å². The Morgan fingerprint density at radius 1 is 1.25 bits per heavy atom. The second kappa shape index (κ2) is 11.0. The third-order valence-corrected chi connectivity index (χ3v) is 3.49. The van der Waals surface area contributed by atoms with Crippen molar-refractivity contribution in [3.8, 4) is 11.8 Å². The topological polar surface area (TPSA) is 140 Å². The molecule has 2 aromatic rings. The molecule has 0 atom stereocenters. The molecule has 2 rings (SSSR count). The summed E-state index contributed by atoms with van der Waals surface area (Å²) in [5.74, 6) is -0.775. The summed E-state index contributed by atoms with van der Waals surface area (Å²) < 4.78 is 1.43. The van der Waals surface area contributed by atoms with Crippen LogP contribution in [0, 0.1) is 11.3 Å². The van der Waals surface area contributed by atoms with Crippen molar-refractivity contribution in [2.24, 2.45) is 11.5 Å². The second-order valence-corrected chi connectivity index (χ2v) is 5.24. The number of nitrogens with two attached hydrogens (primary N) is 2. The molecule has 0 spiro atoms. The van der Waals surface area contributed by atoms with Crippen LogP contribution in [0.15, 0.2) is 48.7 Å². The van der Waals surface area contributed by atoms with Crippen molar-refractivity contribution >= 4 is 23.2 Å². The van der Waals surface area contributed by atoms with E-state index in [0.717, 1.165) is 11.1 Å². The van der Waals surface area contributed by atoms with Gasteiger partial charge in [0.05, 0.1) is 30.1 Å². The zero-order chi connectivity index (χ0) is 21.1. The molecule has 0 bridgehead atoms. The average molecular weight is 380 g/mol. The predicted molar refractivity (Wildman–Crippen MR) is 110 cm³/mol. The van der Waals surface area contributed by atoms with Gasteiger partial charge in [0.25, 0.3) is 5.91 Å². The number of aromatic nitrogens is 2. The van der Waals surface area contributed by atoms with Gasteiger partial charge >= 0.3 is 6.03 Å². The monoisotopic (exact) mass is 380 g/mol. The molecule has 28 heavy (non-hydrogen) atoms. The number of rotatable bonds is 6. The first-order valence-electron chi connectivity index (χ1n) is 8.72. The quantitative estimate of drug-likeness (QED) is 0.661. The van der Waals surface area contributed by atoms with Crippen molar-refractivity contribution in [2.75, 3.05) is 5.32 Å². The van der Waals surface area contributed by atoms with E-state index in [1.807, 2.05) is 57.2 Å². The van der Waals surface area contributed by atoms with Gasteiger partial charge in [0.15, 0.2) is 5.69 Å². The zero-order valence-electron chi connectivity index (χ0n) is 16.1. The molecular formula is C20H24N6O2. The lowest BCUT2D eigenvalue weighted by Crippen LogP contribution is -2.22. The highest BCUT2D eigenvalue weighted by molar-refractivity contribution is 6.00. The van der Waals surface area contributed by atoms with Crippen molar-refractivity contribution in [3.05, 3.63) is 59.9 Å². The molecule has 1 aromatic heterocycles. The van der Waals surface area contributed by atoms with Crippen LogP contribution in [0.25, 0.3) is 11.3 Å². The maximum atomic E-state index is 11.5. The third-order valence-electron chi connectivity index (χ3n) is 3.49. The van der Waals surface area contributed by atoms with E-state index < -0.39 is 11.9 Å². The second-order valence-electron chi connectivity index (χ2n) is 5.24. The van der Waals surface area contributed by atoms with E-state index in [4.69, 9.17) is 16.7 Å². The minimum atomic E-state index is -0.815. The number of hydrogen-bond donors (Lipinski definition) is 3. The summed E-state index contributed by atoms with van der Waals surface area (Å²) in [4.78, 5) is 22.5. The molecule has 8 nitrogen and oxygen atoms in total. The Morgan fingerprint density at radius 2 is 1.89 bits per heavy atom. The summed E-state index contributed by atoms with van der Waals surface area (Å²) in [6, 6.07) is 8.62. The Hall–Kier alpha value is -3.86. The Balaban J connectivity index is 0.00000190. The number of hydrogen-bond acceptors (Lipinski definition) is 4. The highest BCUT2D eigenvalue weighted by Crippen LogP contribution is 2.21. The Labute approximate surface area is 164 Å². The van der Waals surface area contributed by atoms with Crippen molar-refractivity contribution in [2.45, 2.75) is 27.2 Å². The van der Waals surface area contributed by atoms with Gasteiger partial charge in [0.2, 0.25) is 0 Å². The molecule has 0 fully saturated rings. The van der Waals surface area contributed by atoms with E-state index in [1.54, 1.807) is 6.08 Å². The molecule has 5 N–H and O–H groups in total. The molecule has 0 radical (unpaired) electrons. The Morgan fingerprint density at radius 3 is 2.39 bits per heavy atom. The molecule has 1 aromatic carbocycles. The van der Waals surface area contributed by atoms with E-state index >= 15 is 0 Å². The number of nitriles is 1. The fourth-order valence-electron chi connectivity index (χ4n) is 2.32. The van der Waals surface area contributed by atoms with Crippen LogP contribution in [-0.4, -0.2) is 21.7 Å². The fourth-order valence-corrected chi connectivity index (χ4v) is 2.32. The molecule has 146 valence electrons. The number of benzene rings is 1. The van der Waals surface area contributed by atoms with Crippen LogP contribution in [0.5, 0.6) is 0 Å². The van der Waals surface area contributed by atoms with Crippen molar-refractivity contribution < 1.29 is 9.59 Å². The molecule has 3 amide bonds. The van der Waals surface area contributed by atoms with Crippen LogP contribution in [-0.2, 0) is 0 Å². The van der Waals surface area contributed by atoms with E-state index in [2.05, 4.69) is 16.5 Å². The Kier molecular flexibility index (Phi) is 8.70.